The minimum Gasteiger partial charge on any atom is -0.493 e. The van der Waals surface area contributed by atoms with E-state index in [0.29, 0.717) is 44.3 Å². The van der Waals surface area contributed by atoms with Gasteiger partial charge in [0, 0.05) is 0 Å². The molecule has 2 aromatic carbocycles. The predicted octanol–water partition coefficient (Wildman–Crippen LogP) is 4.16. The van der Waals surface area contributed by atoms with E-state index in [9.17, 15) is 14.4 Å². The number of benzene rings is 2. The molecule has 1 aromatic heterocycles. The number of unbranched alkanes of at least 4 members (excludes halogenated alkanes) is 1. The molecule has 0 N–H and O–H groups in total. The summed E-state index contributed by atoms with van der Waals surface area (Å²) < 4.78 is 23.7. The van der Waals surface area contributed by atoms with Crippen LogP contribution in [0, 0.1) is 0 Å². The number of hydrogen-bond acceptors (Lipinski definition) is 9. The van der Waals surface area contributed by atoms with Gasteiger partial charge in [-0.1, -0.05) is 42.9 Å². The molecule has 0 fully saturated rings. The fraction of sp³-hybridized carbons (Fsp3) is 0.355. The van der Waals surface area contributed by atoms with Crippen LogP contribution in [0.5, 0.6) is 11.5 Å². The van der Waals surface area contributed by atoms with Crippen LogP contribution in [0.2, 0.25) is 0 Å². The van der Waals surface area contributed by atoms with Crippen molar-refractivity contribution in [3.8, 4) is 11.5 Å². The van der Waals surface area contributed by atoms with Crippen molar-refractivity contribution in [2.75, 3.05) is 20.8 Å². The number of nitrogens with zero attached hydrogens (tertiary/aromatic N) is 2. The Bertz CT molecular complexity index is 1650. The van der Waals surface area contributed by atoms with E-state index < -0.39 is 18.0 Å². The lowest BCUT2D eigenvalue weighted by atomic mass is 9.95. The minimum atomic E-state index is -0.796. The van der Waals surface area contributed by atoms with E-state index in [2.05, 4.69) is 11.9 Å². The van der Waals surface area contributed by atoms with Crippen LogP contribution in [0.25, 0.3) is 6.08 Å². The molecule has 3 aromatic rings. The number of hydrogen-bond donors (Lipinski definition) is 0. The molecule has 10 heteroatoms. The molecule has 0 radical (unpaired) electrons. The lowest BCUT2D eigenvalue weighted by molar-refractivity contribution is -0.143. The van der Waals surface area contributed by atoms with Gasteiger partial charge in [-0.2, -0.15) is 0 Å². The van der Waals surface area contributed by atoms with Crippen LogP contribution in [-0.4, -0.2) is 43.4 Å². The summed E-state index contributed by atoms with van der Waals surface area (Å²) in [6.45, 7) is 7.94. The summed E-state index contributed by atoms with van der Waals surface area (Å²) in [6.07, 6.45) is 3.36. The summed E-state index contributed by atoms with van der Waals surface area (Å²) in [5.74, 6) is 0.171. The number of thiazole rings is 1. The van der Waals surface area contributed by atoms with Crippen LogP contribution in [0.4, 0.5) is 0 Å². The van der Waals surface area contributed by atoms with E-state index in [4.69, 9.17) is 18.9 Å². The standard InChI is InChI=1S/C31H34N2O7S/c1-7-8-15-39-23-14-9-20(16-24(23)37-5)17-25-28(34)33-27(21-10-12-22(13-11-21)29(35)38-6)26(30(36)40-18(2)3)19(4)32-31(33)41-25/h9-14,16-18,27H,7-8,15H2,1-6H3. The molecular formula is C31H34N2O7S. The molecule has 1 aliphatic rings. The van der Waals surface area contributed by atoms with Crippen LogP contribution < -0.4 is 24.4 Å². The van der Waals surface area contributed by atoms with Gasteiger partial charge in [0.05, 0.1) is 54.3 Å². The molecule has 1 atom stereocenters. The summed E-state index contributed by atoms with van der Waals surface area (Å²) in [5, 5.41) is 0. The van der Waals surface area contributed by atoms with Gasteiger partial charge in [0.2, 0.25) is 0 Å². The molecule has 0 spiro atoms. The maximum atomic E-state index is 13.9. The third-order valence-corrected chi connectivity index (χ3v) is 7.46. The number of fused-ring (bicyclic) bond motifs is 1. The van der Waals surface area contributed by atoms with Gasteiger partial charge in [0.25, 0.3) is 5.56 Å². The third-order valence-electron chi connectivity index (χ3n) is 6.47. The molecule has 41 heavy (non-hydrogen) atoms. The summed E-state index contributed by atoms with van der Waals surface area (Å²) >= 11 is 1.23. The first-order chi connectivity index (χ1) is 19.7. The highest BCUT2D eigenvalue weighted by atomic mass is 32.1. The quantitative estimate of drug-likeness (QED) is 0.263. The Labute approximate surface area is 242 Å². The van der Waals surface area contributed by atoms with Crippen molar-refractivity contribution in [3.05, 3.63) is 90.1 Å². The minimum absolute atomic E-state index is 0.263. The van der Waals surface area contributed by atoms with Crippen LogP contribution in [0.3, 0.4) is 0 Å². The van der Waals surface area contributed by atoms with Gasteiger partial charge in [-0.25, -0.2) is 14.6 Å². The average molecular weight is 579 g/mol. The number of esters is 2. The van der Waals surface area contributed by atoms with Crippen molar-refractivity contribution < 1.29 is 28.5 Å². The molecule has 0 saturated heterocycles. The fourth-order valence-corrected chi connectivity index (χ4v) is 5.51. The molecule has 0 amide bonds. The van der Waals surface area contributed by atoms with E-state index in [-0.39, 0.29) is 17.2 Å². The topological polar surface area (TPSA) is 105 Å². The lowest BCUT2D eigenvalue weighted by Gasteiger charge is -2.25. The first-order valence-electron chi connectivity index (χ1n) is 13.4. The second kappa shape index (κ2) is 13.0. The van der Waals surface area contributed by atoms with E-state index >= 15 is 0 Å². The highest BCUT2D eigenvalue weighted by molar-refractivity contribution is 7.07. The van der Waals surface area contributed by atoms with Gasteiger partial charge in [0.15, 0.2) is 16.3 Å². The van der Waals surface area contributed by atoms with Crippen molar-refractivity contribution in [1.29, 1.82) is 0 Å². The zero-order valence-corrected chi connectivity index (χ0v) is 24.9. The number of methoxy groups -OCH3 is 2. The first kappa shape index (κ1) is 29.8. The van der Waals surface area contributed by atoms with E-state index in [1.165, 1.54) is 23.0 Å². The van der Waals surface area contributed by atoms with Crippen molar-refractivity contribution in [3.63, 3.8) is 0 Å². The SMILES string of the molecule is CCCCOc1ccc(C=c2sc3n(c2=O)C(c2ccc(C(=O)OC)cc2)C(C(=O)OC(C)C)=C(C)N=3)cc1OC. The Kier molecular flexibility index (Phi) is 9.44. The molecule has 0 saturated carbocycles. The summed E-state index contributed by atoms with van der Waals surface area (Å²) in [4.78, 5) is 44.3. The summed E-state index contributed by atoms with van der Waals surface area (Å²) in [7, 11) is 2.88. The van der Waals surface area contributed by atoms with Gasteiger partial charge in [-0.05, 0) is 68.7 Å². The molecule has 4 rings (SSSR count). The van der Waals surface area contributed by atoms with Gasteiger partial charge < -0.3 is 18.9 Å². The van der Waals surface area contributed by atoms with Gasteiger partial charge in [-0.3, -0.25) is 9.36 Å². The molecule has 1 aliphatic heterocycles. The zero-order chi connectivity index (χ0) is 29.7. The maximum absolute atomic E-state index is 13.9. The van der Waals surface area contributed by atoms with Gasteiger partial charge in [-0.15, -0.1) is 0 Å². The van der Waals surface area contributed by atoms with E-state index in [0.717, 1.165) is 18.4 Å². The van der Waals surface area contributed by atoms with E-state index in [1.54, 1.807) is 58.2 Å². The van der Waals surface area contributed by atoms with Crippen LogP contribution >= 0.6 is 11.3 Å². The van der Waals surface area contributed by atoms with Crippen LogP contribution in [-0.2, 0) is 14.3 Å². The Morgan fingerprint density at radius 1 is 1.07 bits per heavy atom. The second-order valence-electron chi connectivity index (χ2n) is 9.76. The smallest absolute Gasteiger partial charge is 0.338 e. The van der Waals surface area contributed by atoms with Gasteiger partial charge >= 0.3 is 11.9 Å². The molecule has 0 bridgehead atoms. The number of aromatic nitrogens is 1. The highest BCUT2D eigenvalue weighted by Gasteiger charge is 2.34. The van der Waals surface area contributed by atoms with Crippen molar-refractivity contribution in [2.24, 2.45) is 4.99 Å². The number of carbonyl (C=O) groups is 2. The van der Waals surface area contributed by atoms with Crippen molar-refractivity contribution in [1.82, 2.24) is 4.57 Å². The highest BCUT2D eigenvalue weighted by Crippen LogP contribution is 2.32. The monoisotopic (exact) mass is 578 g/mol. The summed E-state index contributed by atoms with van der Waals surface area (Å²) in [5.41, 5.74) is 2.15. The molecule has 2 heterocycles. The molecular weight excluding hydrogens is 544 g/mol. The Morgan fingerprint density at radius 2 is 1.80 bits per heavy atom. The fourth-order valence-electron chi connectivity index (χ4n) is 4.47. The molecule has 0 aliphatic carbocycles. The number of rotatable bonds is 10. The van der Waals surface area contributed by atoms with Crippen molar-refractivity contribution >= 4 is 29.4 Å². The average Bonchev–Trinajstić information content (AvgIpc) is 3.26. The van der Waals surface area contributed by atoms with Crippen LogP contribution in [0.1, 0.15) is 68.1 Å². The number of allylic oxidation sites excluding steroid dienone is 1. The van der Waals surface area contributed by atoms with Crippen LogP contribution in [0.15, 0.2) is 63.5 Å². The zero-order valence-electron chi connectivity index (χ0n) is 24.1. The lowest BCUT2D eigenvalue weighted by Crippen LogP contribution is -2.40. The Hall–Kier alpha value is -4.18. The molecule has 216 valence electrons. The van der Waals surface area contributed by atoms with Gasteiger partial charge in [0.1, 0.15) is 0 Å². The molecule has 9 nitrogen and oxygen atoms in total. The normalized spacial score (nSPS) is 14.9. The Balaban J connectivity index is 1.83. The number of ether oxygens (including phenoxy) is 4. The number of carbonyl (C=O) groups excluding carboxylic acids is 2. The largest absolute Gasteiger partial charge is 0.493 e. The van der Waals surface area contributed by atoms with E-state index in [1.807, 2.05) is 18.2 Å². The molecule has 1 unspecified atom stereocenters. The Morgan fingerprint density at radius 3 is 2.44 bits per heavy atom. The summed E-state index contributed by atoms with van der Waals surface area (Å²) in [6, 6.07) is 11.3. The predicted molar refractivity (Wildman–Crippen MR) is 156 cm³/mol. The second-order valence-corrected chi connectivity index (χ2v) is 10.8. The van der Waals surface area contributed by atoms with Crippen molar-refractivity contribution in [2.45, 2.75) is 52.7 Å². The third kappa shape index (κ3) is 6.43. The maximum Gasteiger partial charge on any atom is 0.338 e. The first-order valence-corrected chi connectivity index (χ1v) is 14.2.